The minimum atomic E-state index is -0.410. The zero-order valence-corrected chi connectivity index (χ0v) is 16.2. The normalized spacial score (nSPS) is 15.2. The Kier molecular flexibility index (Phi) is 5.78. The zero-order chi connectivity index (χ0) is 19.4. The molecule has 1 heterocycles. The number of carbonyl (C=O) groups is 2. The van der Waals surface area contributed by atoms with Crippen LogP contribution in [0.25, 0.3) is 6.08 Å². The Bertz CT molecular complexity index is 929. The molecule has 27 heavy (non-hydrogen) atoms. The first kappa shape index (κ1) is 18.9. The number of hydrogen-bond donors (Lipinski definition) is 1. The van der Waals surface area contributed by atoms with Crippen LogP contribution in [0.15, 0.2) is 53.4 Å². The molecule has 0 radical (unpaired) electrons. The third kappa shape index (κ3) is 4.12. The summed E-state index contributed by atoms with van der Waals surface area (Å²) in [5.74, 6) is 0.413. The number of thiocarbonyl (C=S) groups is 1. The number of carbonyl (C=O) groups excluding carboxylic acids is 2. The van der Waals surface area contributed by atoms with Crippen LogP contribution in [-0.2, 0) is 4.79 Å². The summed E-state index contributed by atoms with van der Waals surface area (Å²) in [6.45, 7) is 0. The maximum absolute atomic E-state index is 12.7. The number of amides is 2. The highest BCUT2D eigenvalue weighted by Crippen LogP contribution is 2.34. The van der Waals surface area contributed by atoms with E-state index in [2.05, 4.69) is 5.43 Å². The third-order valence-corrected chi connectivity index (χ3v) is 5.07. The van der Waals surface area contributed by atoms with Crippen molar-refractivity contribution in [2.24, 2.45) is 0 Å². The zero-order valence-electron chi connectivity index (χ0n) is 14.6. The number of nitrogens with zero attached hydrogens (tertiary/aromatic N) is 1. The molecule has 0 unspecified atom stereocenters. The fraction of sp³-hybridized carbons (Fsp3) is 0.105. The lowest BCUT2D eigenvalue weighted by Crippen LogP contribution is -2.44. The smallest absolute Gasteiger partial charge is 0.285 e. The van der Waals surface area contributed by atoms with Gasteiger partial charge in [0.2, 0.25) is 0 Å². The first-order valence-electron chi connectivity index (χ1n) is 7.89. The Labute approximate surface area is 166 Å². The van der Waals surface area contributed by atoms with Crippen LogP contribution in [0, 0.1) is 0 Å². The second-order valence-corrected chi connectivity index (χ2v) is 7.11. The van der Waals surface area contributed by atoms with Crippen molar-refractivity contribution in [3.63, 3.8) is 0 Å². The van der Waals surface area contributed by atoms with Crippen LogP contribution in [0.5, 0.6) is 11.5 Å². The van der Waals surface area contributed by atoms with E-state index in [0.717, 1.165) is 16.8 Å². The molecule has 1 aliphatic rings. The van der Waals surface area contributed by atoms with Crippen LogP contribution < -0.4 is 14.9 Å². The van der Waals surface area contributed by atoms with E-state index in [1.165, 1.54) is 0 Å². The fourth-order valence-electron chi connectivity index (χ4n) is 2.41. The number of rotatable bonds is 5. The van der Waals surface area contributed by atoms with Gasteiger partial charge in [0.05, 0.1) is 19.1 Å². The lowest BCUT2D eigenvalue weighted by Gasteiger charge is -2.15. The molecule has 0 spiro atoms. The van der Waals surface area contributed by atoms with Crippen molar-refractivity contribution < 1.29 is 19.1 Å². The van der Waals surface area contributed by atoms with E-state index >= 15 is 0 Å². The Hall–Kier alpha value is -2.84. The molecule has 1 saturated heterocycles. The molecule has 8 heteroatoms. The number of nitrogens with one attached hydrogen (secondary N) is 1. The molecule has 1 aliphatic heterocycles. The maximum Gasteiger partial charge on any atom is 0.285 e. The maximum atomic E-state index is 12.7. The molecule has 0 saturated carbocycles. The molecule has 3 rings (SSSR count). The van der Waals surface area contributed by atoms with E-state index in [1.807, 2.05) is 0 Å². The minimum absolute atomic E-state index is 0.248. The van der Waals surface area contributed by atoms with Crippen molar-refractivity contribution in [2.45, 2.75) is 0 Å². The molecule has 6 nitrogen and oxygen atoms in total. The highest BCUT2D eigenvalue weighted by Gasteiger charge is 2.34. The summed E-state index contributed by atoms with van der Waals surface area (Å²) in [5.41, 5.74) is 3.66. The first-order chi connectivity index (χ1) is 13.0. The van der Waals surface area contributed by atoms with Crippen LogP contribution >= 0.6 is 24.0 Å². The highest BCUT2D eigenvalue weighted by molar-refractivity contribution is 8.26. The summed E-state index contributed by atoms with van der Waals surface area (Å²) in [6, 6.07) is 13.9. The topological polar surface area (TPSA) is 67.9 Å². The van der Waals surface area contributed by atoms with Crippen molar-refractivity contribution in [1.29, 1.82) is 0 Å². The number of methoxy groups -OCH3 is 2. The SMILES string of the molecule is COc1ccc(OC)c(/C=C2/SC(=S)N(NC(=O)c3ccccc3)C2=O)c1. The molecule has 0 bridgehead atoms. The van der Waals surface area contributed by atoms with E-state index in [1.54, 1.807) is 68.8 Å². The van der Waals surface area contributed by atoms with Gasteiger partial charge in [0.15, 0.2) is 4.32 Å². The van der Waals surface area contributed by atoms with Crippen molar-refractivity contribution in [2.75, 3.05) is 14.2 Å². The monoisotopic (exact) mass is 400 g/mol. The second kappa shape index (κ2) is 8.24. The Morgan fingerprint density at radius 1 is 1.15 bits per heavy atom. The first-order valence-corrected chi connectivity index (χ1v) is 9.12. The predicted octanol–water partition coefficient (Wildman–Crippen LogP) is 3.25. The summed E-state index contributed by atoms with van der Waals surface area (Å²) in [4.78, 5) is 25.4. The van der Waals surface area contributed by atoms with E-state index in [9.17, 15) is 9.59 Å². The molecule has 0 atom stereocenters. The molecule has 0 aromatic heterocycles. The van der Waals surface area contributed by atoms with Crippen LogP contribution in [0.3, 0.4) is 0 Å². The van der Waals surface area contributed by atoms with Crippen molar-refractivity contribution in [1.82, 2.24) is 10.4 Å². The van der Waals surface area contributed by atoms with Gasteiger partial charge in [-0.3, -0.25) is 15.0 Å². The highest BCUT2D eigenvalue weighted by atomic mass is 32.2. The Morgan fingerprint density at radius 3 is 2.56 bits per heavy atom. The Balaban J connectivity index is 1.84. The Morgan fingerprint density at radius 2 is 1.89 bits per heavy atom. The number of benzene rings is 2. The summed E-state index contributed by atoms with van der Waals surface area (Å²) in [7, 11) is 3.11. The molecule has 2 aromatic rings. The quantitative estimate of drug-likeness (QED) is 0.614. The van der Waals surface area contributed by atoms with E-state index in [-0.39, 0.29) is 4.32 Å². The van der Waals surface area contributed by atoms with Gasteiger partial charge >= 0.3 is 0 Å². The molecule has 2 aromatic carbocycles. The van der Waals surface area contributed by atoms with Gasteiger partial charge in [-0.1, -0.05) is 30.0 Å². The van der Waals surface area contributed by atoms with Gasteiger partial charge < -0.3 is 9.47 Å². The van der Waals surface area contributed by atoms with E-state index in [4.69, 9.17) is 21.7 Å². The molecule has 138 valence electrons. The molecule has 2 amide bonds. The van der Waals surface area contributed by atoms with Crippen LogP contribution in [-0.4, -0.2) is 35.4 Å². The van der Waals surface area contributed by atoms with E-state index in [0.29, 0.717) is 27.5 Å². The molecular formula is C19H16N2O4S2. The molecule has 0 aliphatic carbocycles. The van der Waals surface area contributed by atoms with Gasteiger partial charge in [0.25, 0.3) is 11.8 Å². The lowest BCUT2D eigenvalue weighted by atomic mass is 10.1. The van der Waals surface area contributed by atoms with Gasteiger partial charge in [-0.2, -0.15) is 5.01 Å². The average Bonchev–Trinajstić information content (AvgIpc) is 2.95. The van der Waals surface area contributed by atoms with Gasteiger partial charge in [0, 0.05) is 11.1 Å². The average molecular weight is 400 g/mol. The van der Waals surface area contributed by atoms with Gasteiger partial charge in [-0.25, -0.2) is 0 Å². The standard InChI is InChI=1S/C19H16N2O4S2/c1-24-14-8-9-15(25-2)13(10-14)11-16-18(23)21(19(26)27-16)20-17(22)12-6-4-3-5-7-12/h3-11H,1-2H3,(H,20,22)/b16-11+. The van der Waals surface area contributed by atoms with Gasteiger partial charge in [-0.15, -0.1) is 0 Å². The fourth-order valence-corrected chi connectivity index (χ4v) is 3.58. The molecule has 1 N–H and O–H groups in total. The van der Waals surface area contributed by atoms with Crippen molar-refractivity contribution in [3.05, 3.63) is 64.6 Å². The van der Waals surface area contributed by atoms with Crippen molar-refractivity contribution in [3.8, 4) is 11.5 Å². The van der Waals surface area contributed by atoms with E-state index < -0.39 is 11.8 Å². The summed E-state index contributed by atoms with van der Waals surface area (Å²) in [5, 5.41) is 1.08. The predicted molar refractivity (Wildman–Crippen MR) is 108 cm³/mol. The van der Waals surface area contributed by atoms with Crippen molar-refractivity contribution >= 4 is 46.2 Å². The van der Waals surface area contributed by atoms with Crippen LogP contribution in [0.1, 0.15) is 15.9 Å². The number of hydrazine groups is 1. The number of hydrogen-bond acceptors (Lipinski definition) is 6. The number of thioether (sulfide) groups is 1. The lowest BCUT2D eigenvalue weighted by molar-refractivity contribution is -0.123. The summed E-state index contributed by atoms with van der Waals surface area (Å²) < 4.78 is 10.8. The largest absolute Gasteiger partial charge is 0.497 e. The van der Waals surface area contributed by atoms with Gasteiger partial charge in [0.1, 0.15) is 11.5 Å². The molecular weight excluding hydrogens is 384 g/mol. The van der Waals surface area contributed by atoms with Crippen LogP contribution in [0.2, 0.25) is 0 Å². The minimum Gasteiger partial charge on any atom is -0.497 e. The number of ether oxygens (including phenoxy) is 2. The second-order valence-electron chi connectivity index (χ2n) is 5.43. The van der Waals surface area contributed by atoms with Gasteiger partial charge in [-0.05, 0) is 48.6 Å². The molecule has 1 fully saturated rings. The third-order valence-electron chi connectivity index (χ3n) is 3.77. The summed E-state index contributed by atoms with van der Waals surface area (Å²) >= 11 is 6.35. The summed E-state index contributed by atoms with van der Waals surface area (Å²) in [6.07, 6.45) is 1.66. The van der Waals surface area contributed by atoms with Crippen LogP contribution in [0.4, 0.5) is 0 Å².